The fraction of sp³-hybridized carbons (Fsp3) is 0.615. The maximum atomic E-state index is 11.2. The normalized spacial score (nSPS) is 19.7. The number of nitrogens with one attached hydrogen (secondary N) is 1. The van der Waals surface area contributed by atoms with Crippen LogP contribution in [0.4, 0.5) is 0 Å². The van der Waals surface area contributed by atoms with Crippen LogP contribution in [0.5, 0.6) is 0 Å². The van der Waals surface area contributed by atoms with Gasteiger partial charge in [0.2, 0.25) is 0 Å². The van der Waals surface area contributed by atoms with Crippen molar-refractivity contribution in [2.24, 2.45) is 0 Å². The van der Waals surface area contributed by atoms with E-state index in [1.54, 1.807) is 6.07 Å². The third kappa shape index (κ3) is 3.58. The summed E-state index contributed by atoms with van der Waals surface area (Å²) in [6.45, 7) is 2.27. The second-order valence-electron chi connectivity index (χ2n) is 4.41. The monoisotopic (exact) mass is 253 g/mol. The van der Waals surface area contributed by atoms with Crippen LogP contribution >= 0.6 is 0 Å². The minimum Gasteiger partial charge on any atom is -0.467 e. The van der Waals surface area contributed by atoms with Gasteiger partial charge in [-0.25, -0.2) is 4.79 Å². The van der Waals surface area contributed by atoms with Gasteiger partial charge in [-0.3, -0.25) is 0 Å². The number of rotatable bonds is 5. The molecule has 0 bridgehead atoms. The van der Waals surface area contributed by atoms with E-state index in [9.17, 15) is 4.79 Å². The molecule has 1 aliphatic rings. The van der Waals surface area contributed by atoms with Gasteiger partial charge in [0.1, 0.15) is 12.0 Å². The lowest BCUT2D eigenvalue weighted by Gasteiger charge is -2.22. The summed E-state index contributed by atoms with van der Waals surface area (Å²) in [7, 11) is 1.35. The van der Waals surface area contributed by atoms with Crippen molar-refractivity contribution in [2.75, 3.05) is 20.3 Å². The molecule has 18 heavy (non-hydrogen) atoms. The first-order chi connectivity index (χ1) is 8.79. The zero-order valence-corrected chi connectivity index (χ0v) is 10.6. The van der Waals surface area contributed by atoms with E-state index in [1.807, 2.05) is 0 Å². The van der Waals surface area contributed by atoms with Crippen molar-refractivity contribution < 1.29 is 18.7 Å². The quantitative estimate of drug-likeness (QED) is 0.810. The molecule has 0 saturated carbocycles. The Bertz CT molecular complexity index is 382. The maximum absolute atomic E-state index is 11.2. The first-order valence-corrected chi connectivity index (χ1v) is 6.27. The highest BCUT2D eigenvalue weighted by Gasteiger charge is 2.14. The van der Waals surface area contributed by atoms with Crippen LogP contribution in [-0.2, 0) is 16.0 Å². The summed E-state index contributed by atoms with van der Waals surface area (Å²) in [6, 6.07) is 1.70. The second kappa shape index (κ2) is 6.56. The molecule has 2 heterocycles. The summed E-state index contributed by atoms with van der Waals surface area (Å²) in [4.78, 5) is 11.2. The van der Waals surface area contributed by atoms with E-state index in [1.165, 1.54) is 19.8 Å². The molecule has 1 N–H and O–H groups in total. The Balaban J connectivity index is 1.72. The molecule has 1 unspecified atom stereocenters. The topological polar surface area (TPSA) is 60.7 Å². The largest absolute Gasteiger partial charge is 0.467 e. The van der Waals surface area contributed by atoms with Crippen molar-refractivity contribution in [3.8, 4) is 0 Å². The Kier molecular flexibility index (Phi) is 4.78. The lowest BCUT2D eigenvalue weighted by Crippen LogP contribution is -2.31. The summed E-state index contributed by atoms with van der Waals surface area (Å²) < 4.78 is 15.5. The predicted molar refractivity (Wildman–Crippen MR) is 65.3 cm³/mol. The van der Waals surface area contributed by atoms with E-state index in [0.29, 0.717) is 18.2 Å². The van der Waals surface area contributed by atoms with E-state index in [4.69, 9.17) is 9.15 Å². The summed E-state index contributed by atoms with van der Waals surface area (Å²) in [5, 5.41) is 3.27. The molecule has 100 valence electrons. The Labute approximate surface area is 106 Å². The van der Waals surface area contributed by atoms with E-state index in [0.717, 1.165) is 31.8 Å². The van der Waals surface area contributed by atoms with Crippen LogP contribution in [-0.4, -0.2) is 32.3 Å². The van der Waals surface area contributed by atoms with Gasteiger partial charge in [0.25, 0.3) is 0 Å². The molecule has 1 atom stereocenters. The number of carbonyl (C=O) groups excluding carboxylic acids is 1. The predicted octanol–water partition coefficient (Wildman–Crippen LogP) is 1.72. The molecule has 2 rings (SSSR count). The summed E-state index contributed by atoms with van der Waals surface area (Å²) in [5.41, 5.74) is 0.447. The molecule has 1 fully saturated rings. The Hall–Kier alpha value is -1.33. The number of hydrogen-bond donors (Lipinski definition) is 1. The van der Waals surface area contributed by atoms with Gasteiger partial charge in [-0.05, 0) is 25.3 Å². The van der Waals surface area contributed by atoms with Gasteiger partial charge in [0, 0.05) is 13.2 Å². The molecule has 0 radical (unpaired) electrons. The minimum atomic E-state index is -0.374. The van der Waals surface area contributed by atoms with Crippen molar-refractivity contribution in [1.82, 2.24) is 5.32 Å². The SMILES string of the molecule is COC(=O)c1coc(CNCC2CCCCO2)c1. The van der Waals surface area contributed by atoms with Gasteiger partial charge in [-0.2, -0.15) is 0 Å². The molecule has 1 aromatic heterocycles. The first kappa shape index (κ1) is 13.1. The lowest BCUT2D eigenvalue weighted by atomic mass is 10.1. The summed E-state index contributed by atoms with van der Waals surface area (Å²) in [6.07, 6.45) is 5.23. The van der Waals surface area contributed by atoms with Gasteiger partial charge in [0.15, 0.2) is 0 Å². The maximum Gasteiger partial charge on any atom is 0.341 e. The number of furan rings is 1. The summed E-state index contributed by atoms with van der Waals surface area (Å²) >= 11 is 0. The zero-order chi connectivity index (χ0) is 12.8. The molecule has 0 spiro atoms. The average molecular weight is 253 g/mol. The summed E-state index contributed by atoms with van der Waals surface area (Å²) in [5.74, 6) is 0.354. The number of methoxy groups -OCH3 is 1. The zero-order valence-electron chi connectivity index (χ0n) is 10.6. The van der Waals surface area contributed by atoms with Crippen LogP contribution in [0.25, 0.3) is 0 Å². The second-order valence-corrected chi connectivity index (χ2v) is 4.41. The van der Waals surface area contributed by atoms with Crippen molar-refractivity contribution in [1.29, 1.82) is 0 Å². The van der Waals surface area contributed by atoms with Crippen LogP contribution in [0, 0.1) is 0 Å². The molecule has 1 aliphatic heterocycles. The van der Waals surface area contributed by atoms with E-state index in [-0.39, 0.29) is 5.97 Å². The smallest absolute Gasteiger partial charge is 0.341 e. The molecule has 1 aromatic rings. The third-order valence-electron chi connectivity index (χ3n) is 3.02. The van der Waals surface area contributed by atoms with Gasteiger partial charge in [0.05, 0.1) is 25.3 Å². The number of esters is 1. The van der Waals surface area contributed by atoms with Crippen LogP contribution in [0.2, 0.25) is 0 Å². The molecule has 0 aliphatic carbocycles. The van der Waals surface area contributed by atoms with Crippen molar-refractivity contribution in [2.45, 2.75) is 31.9 Å². The van der Waals surface area contributed by atoms with Gasteiger partial charge >= 0.3 is 5.97 Å². The van der Waals surface area contributed by atoms with Crippen LogP contribution in [0.15, 0.2) is 16.7 Å². The molecular weight excluding hydrogens is 234 g/mol. The number of carbonyl (C=O) groups is 1. The Morgan fingerprint density at radius 2 is 2.44 bits per heavy atom. The first-order valence-electron chi connectivity index (χ1n) is 6.27. The van der Waals surface area contributed by atoms with Gasteiger partial charge in [-0.15, -0.1) is 0 Å². The molecule has 5 heteroatoms. The Morgan fingerprint density at radius 1 is 1.56 bits per heavy atom. The van der Waals surface area contributed by atoms with Crippen LogP contribution in [0.3, 0.4) is 0 Å². The van der Waals surface area contributed by atoms with Gasteiger partial charge < -0.3 is 19.2 Å². The highest BCUT2D eigenvalue weighted by Crippen LogP contribution is 2.12. The number of ether oxygens (including phenoxy) is 2. The van der Waals surface area contributed by atoms with Crippen molar-refractivity contribution in [3.05, 3.63) is 23.7 Å². The third-order valence-corrected chi connectivity index (χ3v) is 3.02. The highest BCUT2D eigenvalue weighted by atomic mass is 16.5. The van der Waals surface area contributed by atoms with E-state index < -0.39 is 0 Å². The molecular formula is C13H19NO4. The highest BCUT2D eigenvalue weighted by molar-refractivity contribution is 5.88. The fourth-order valence-electron chi connectivity index (χ4n) is 2.02. The van der Waals surface area contributed by atoms with Crippen LogP contribution < -0.4 is 5.32 Å². The van der Waals surface area contributed by atoms with Crippen molar-refractivity contribution in [3.63, 3.8) is 0 Å². The van der Waals surface area contributed by atoms with Gasteiger partial charge in [-0.1, -0.05) is 0 Å². The van der Waals surface area contributed by atoms with E-state index >= 15 is 0 Å². The Morgan fingerprint density at radius 3 is 3.17 bits per heavy atom. The fourth-order valence-corrected chi connectivity index (χ4v) is 2.02. The standard InChI is InChI=1S/C13H19NO4/c1-16-13(15)10-6-12(18-9-10)8-14-7-11-4-2-3-5-17-11/h6,9,11,14H,2-5,7-8H2,1H3. The molecule has 0 amide bonds. The molecule has 5 nitrogen and oxygen atoms in total. The molecule has 0 aromatic carbocycles. The lowest BCUT2D eigenvalue weighted by molar-refractivity contribution is 0.0166. The molecule has 1 saturated heterocycles. The van der Waals surface area contributed by atoms with E-state index in [2.05, 4.69) is 10.1 Å². The van der Waals surface area contributed by atoms with Crippen LogP contribution in [0.1, 0.15) is 35.4 Å². The number of hydrogen-bond acceptors (Lipinski definition) is 5. The minimum absolute atomic E-state index is 0.300. The van der Waals surface area contributed by atoms with Crippen molar-refractivity contribution >= 4 is 5.97 Å². The average Bonchev–Trinajstić information content (AvgIpc) is 2.88.